The average molecular weight is 314 g/mol. The lowest BCUT2D eigenvalue weighted by molar-refractivity contribution is -0.120. The topological polar surface area (TPSA) is 66.9 Å². The van der Waals surface area contributed by atoms with E-state index in [2.05, 4.69) is 34.7 Å². The highest BCUT2D eigenvalue weighted by atomic mass is 32.2. The number of hydrogen-bond acceptors (Lipinski definition) is 6. The fourth-order valence-corrected chi connectivity index (χ4v) is 4.21. The summed E-state index contributed by atoms with van der Waals surface area (Å²) in [5, 5.41) is 15.2. The summed E-state index contributed by atoms with van der Waals surface area (Å²) < 4.78 is 0.835. The van der Waals surface area contributed by atoms with Crippen molar-refractivity contribution in [2.75, 3.05) is 5.32 Å². The van der Waals surface area contributed by atoms with Crippen LogP contribution < -0.4 is 10.6 Å². The Morgan fingerprint density at radius 1 is 1.30 bits per heavy atom. The van der Waals surface area contributed by atoms with Crippen molar-refractivity contribution in [2.24, 2.45) is 0 Å². The van der Waals surface area contributed by atoms with Crippen molar-refractivity contribution in [3.63, 3.8) is 0 Å². The monoisotopic (exact) mass is 314 g/mol. The average Bonchev–Trinajstić information content (AvgIpc) is 3.00. The molecule has 0 saturated heterocycles. The molecule has 1 saturated carbocycles. The zero-order valence-electron chi connectivity index (χ0n) is 12.2. The van der Waals surface area contributed by atoms with Gasteiger partial charge in [-0.05, 0) is 33.6 Å². The Morgan fingerprint density at radius 3 is 2.65 bits per heavy atom. The van der Waals surface area contributed by atoms with Gasteiger partial charge in [0.25, 0.3) is 0 Å². The van der Waals surface area contributed by atoms with Crippen LogP contribution in [-0.2, 0) is 4.79 Å². The van der Waals surface area contributed by atoms with E-state index < -0.39 is 0 Å². The van der Waals surface area contributed by atoms with E-state index in [9.17, 15) is 4.79 Å². The molecule has 5 nitrogen and oxygen atoms in total. The van der Waals surface area contributed by atoms with Gasteiger partial charge in [-0.1, -0.05) is 35.9 Å². The van der Waals surface area contributed by atoms with Gasteiger partial charge in [-0.3, -0.25) is 4.79 Å². The molecule has 1 aromatic rings. The van der Waals surface area contributed by atoms with Gasteiger partial charge in [-0.15, -0.1) is 10.2 Å². The van der Waals surface area contributed by atoms with Crippen LogP contribution in [0.3, 0.4) is 0 Å². The van der Waals surface area contributed by atoms with Crippen LogP contribution in [0, 0.1) is 0 Å². The van der Waals surface area contributed by atoms with Crippen molar-refractivity contribution >= 4 is 34.1 Å². The molecule has 0 bridgehead atoms. The largest absolute Gasteiger partial charge is 0.358 e. The number of carbonyl (C=O) groups excluding carboxylic acids is 1. The first-order valence-electron chi connectivity index (χ1n) is 7.11. The Morgan fingerprint density at radius 2 is 2.00 bits per heavy atom. The number of amides is 1. The lowest BCUT2D eigenvalue weighted by Crippen LogP contribution is -2.37. The van der Waals surface area contributed by atoms with Crippen molar-refractivity contribution < 1.29 is 4.79 Å². The van der Waals surface area contributed by atoms with Gasteiger partial charge in [-0.2, -0.15) is 0 Å². The van der Waals surface area contributed by atoms with E-state index in [1.807, 2.05) is 6.92 Å². The minimum Gasteiger partial charge on any atom is -0.358 e. The van der Waals surface area contributed by atoms with Gasteiger partial charge in [0.05, 0.1) is 5.25 Å². The maximum Gasteiger partial charge on any atom is 0.233 e. The molecule has 1 heterocycles. The first kappa shape index (κ1) is 15.6. The predicted octanol–water partition coefficient (Wildman–Crippen LogP) is 2.90. The van der Waals surface area contributed by atoms with Crippen LogP contribution in [-0.4, -0.2) is 33.4 Å². The second-order valence-electron chi connectivity index (χ2n) is 5.42. The summed E-state index contributed by atoms with van der Waals surface area (Å²) in [4.78, 5) is 12.1. The molecule has 1 amide bonds. The number of aromatic nitrogens is 2. The maximum atomic E-state index is 12.1. The first-order valence-corrected chi connectivity index (χ1v) is 8.81. The van der Waals surface area contributed by atoms with Crippen molar-refractivity contribution in [3.8, 4) is 0 Å². The molecule has 2 N–H and O–H groups in total. The van der Waals surface area contributed by atoms with E-state index in [1.165, 1.54) is 35.9 Å². The van der Waals surface area contributed by atoms with Gasteiger partial charge in [0.2, 0.25) is 11.0 Å². The summed E-state index contributed by atoms with van der Waals surface area (Å²) in [6, 6.07) is 0.710. The second kappa shape index (κ2) is 7.26. The lowest BCUT2D eigenvalue weighted by atomic mass is 10.2. The van der Waals surface area contributed by atoms with Crippen molar-refractivity contribution in [2.45, 2.75) is 68.1 Å². The van der Waals surface area contributed by atoms with Crippen LogP contribution in [0.25, 0.3) is 0 Å². The van der Waals surface area contributed by atoms with E-state index in [4.69, 9.17) is 0 Å². The Hall–Kier alpha value is -0.820. The van der Waals surface area contributed by atoms with Crippen LogP contribution in [0.1, 0.15) is 46.5 Å². The molecule has 7 heteroatoms. The number of thioether (sulfide) groups is 1. The lowest BCUT2D eigenvalue weighted by Gasteiger charge is -2.15. The van der Waals surface area contributed by atoms with Crippen LogP contribution in [0.15, 0.2) is 4.34 Å². The molecule has 0 aromatic carbocycles. The van der Waals surface area contributed by atoms with E-state index >= 15 is 0 Å². The molecule has 1 aliphatic rings. The molecule has 0 spiro atoms. The highest BCUT2D eigenvalue weighted by Gasteiger charge is 2.22. The fraction of sp³-hybridized carbons (Fsp3) is 0.769. The second-order valence-corrected chi connectivity index (χ2v) is 7.99. The summed E-state index contributed by atoms with van der Waals surface area (Å²) in [6.45, 7) is 6.05. The standard InChI is InChI=1S/C13H22N4OS2/c1-8(2)14-12-16-17-13(20-12)19-9(3)11(18)15-10-6-4-5-7-10/h8-10H,4-7H2,1-3H3,(H,14,16)(H,15,18)/t9-/m0/s1. The van der Waals surface area contributed by atoms with Crippen LogP contribution >= 0.6 is 23.1 Å². The highest BCUT2D eigenvalue weighted by Crippen LogP contribution is 2.29. The molecule has 2 rings (SSSR count). The summed E-state index contributed by atoms with van der Waals surface area (Å²) in [5.41, 5.74) is 0. The Labute approximate surface area is 128 Å². The smallest absolute Gasteiger partial charge is 0.233 e. The summed E-state index contributed by atoms with van der Waals surface area (Å²) in [7, 11) is 0. The van der Waals surface area contributed by atoms with Gasteiger partial charge in [0.15, 0.2) is 4.34 Å². The van der Waals surface area contributed by atoms with Crippen molar-refractivity contribution in [1.82, 2.24) is 15.5 Å². The quantitative estimate of drug-likeness (QED) is 0.790. The Balaban J connectivity index is 1.82. The molecule has 1 atom stereocenters. The minimum atomic E-state index is -0.129. The third-order valence-corrected chi connectivity index (χ3v) is 5.21. The zero-order chi connectivity index (χ0) is 14.5. The summed E-state index contributed by atoms with van der Waals surface area (Å²) >= 11 is 2.98. The number of hydrogen-bond donors (Lipinski definition) is 2. The number of nitrogens with zero attached hydrogens (tertiary/aromatic N) is 2. The third kappa shape index (κ3) is 4.63. The van der Waals surface area contributed by atoms with E-state index in [-0.39, 0.29) is 11.2 Å². The SMILES string of the molecule is CC(C)Nc1nnc(S[C@@H](C)C(=O)NC2CCCC2)s1. The summed E-state index contributed by atoms with van der Waals surface area (Å²) in [6.07, 6.45) is 4.69. The van der Waals surface area contributed by atoms with Crippen LogP contribution in [0.4, 0.5) is 5.13 Å². The number of rotatable bonds is 6. The maximum absolute atomic E-state index is 12.1. The molecule has 0 aliphatic heterocycles. The number of nitrogens with one attached hydrogen (secondary N) is 2. The molecule has 0 unspecified atom stereocenters. The van der Waals surface area contributed by atoms with Gasteiger partial charge in [0.1, 0.15) is 0 Å². The molecule has 1 fully saturated rings. The van der Waals surface area contributed by atoms with Gasteiger partial charge < -0.3 is 10.6 Å². The minimum absolute atomic E-state index is 0.107. The molecular formula is C13H22N4OS2. The van der Waals surface area contributed by atoms with E-state index in [0.29, 0.717) is 12.1 Å². The molecule has 112 valence electrons. The van der Waals surface area contributed by atoms with Gasteiger partial charge >= 0.3 is 0 Å². The van der Waals surface area contributed by atoms with Crippen LogP contribution in [0.2, 0.25) is 0 Å². The van der Waals surface area contributed by atoms with Crippen molar-refractivity contribution in [1.29, 1.82) is 0 Å². The molecule has 1 aromatic heterocycles. The third-order valence-electron chi connectivity index (χ3n) is 3.17. The van der Waals surface area contributed by atoms with Crippen LogP contribution in [0.5, 0.6) is 0 Å². The fourth-order valence-electron chi connectivity index (χ4n) is 2.16. The van der Waals surface area contributed by atoms with Gasteiger partial charge in [0, 0.05) is 12.1 Å². The highest BCUT2D eigenvalue weighted by molar-refractivity contribution is 8.02. The van der Waals surface area contributed by atoms with E-state index in [0.717, 1.165) is 22.3 Å². The van der Waals surface area contributed by atoms with Crippen molar-refractivity contribution in [3.05, 3.63) is 0 Å². The number of carbonyl (C=O) groups is 1. The number of anilines is 1. The zero-order valence-corrected chi connectivity index (χ0v) is 13.8. The molecule has 20 heavy (non-hydrogen) atoms. The van der Waals surface area contributed by atoms with E-state index in [1.54, 1.807) is 0 Å². The molecule has 0 radical (unpaired) electrons. The Bertz CT molecular complexity index is 443. The molecule has 1 aliphatic carbocycles. The first-order chi connectivity index (χ1) is 9.54. The Kier molecular flexibility index (Phi) is 5.65. The summed E-state index contributed by atoms with van der Waals surface area (Å²) in [5.74, 6) is 0.107. The van der Waals surface area contributed by atoms with Gasteiger partial charge in [-0.25, -0.2) is 0 Å². The normalized spacial score (nSPS) is 17.4. The predicted molar refractivity (Wildman–Crippen MR) is 84.4 cm³/mol. The molecular weight excluding hydrogens is 292 g/mol.